The highest BCUT2D eigenvalue weighted by Crippen LogP contribution is 2.44. The molecule has 0 bridgehead atoms. The van der Waals surface area contributed by atoms with Crippen molar-refractivity contribution in [2.45, 2.75) is 41.8 Å². The Bertz CT molecular complexity index is 1020. The average Bonchev–Trinajstić information content (AvgIpc) is 2.60. The largest absolute Gasteiger partial charge is 0.426 e. The van der Waals surface area contributed by atoms with Gasteiger partial charge in [0.25, 0.3) is 0 Å². The number of carbonyl (C=O) groups excluding carboxylic acids is 1. The summed E-state index contributed by atoms with van der Waals surface area (Å²) in [7, 11) is -4.25. The highest BCUT2D eigenvalue weighted by molar-refractivity contribution is 7.92. The first-order chi connectivity index (χ1) is 12.9. The summed E-state index contributed by atoms with van der Waals surface area (Å²) in [6.07, 6.45) is -5.35. The number of aryl methyl sites for hydroxylation is 1. The Kier molecular flexibility index (Phi) is 4.85. The fourth-order valence-electron chi connectivity index (χ4n) is 3.20. The van der Waals surface area contributed by atoms with Crippen LogP contribution in [0.1, 0.15) is 35.3 Å². The molecule has 9 heteroatoms. The van der Waals surface area contributed by atoms with Gasteiger partial charge in [-0.15, -0.1) is 0 Å². The molecule has 1 aliphatic carbocycles. The van der Waals surface area contributed by atoms with Crippen LogP contribution < -0.4 is 0 Å². The number of sulfone groups is 1. The highest BCUT2D eigenvalue weighted by atomic mass is 32.2. The minimum atomic E-state index is -5.15. The van der Waals surface area contributed by atoms with Crippen molar-refractivity contribution in [1.29, 1.82) is 0 Å². The van der Waals surface area contributed by atoms with Crippen molar-refractivity contribution in [3.8, 4) is 0 Å². The lowest BCUT2D eigenvalue weighted by atomic mass is 9.86. The van der Waals surface area contributed by atoms with Crippen LogP contribution in [0.5, 0.6) is 0 Å². The third kappa shape index (κ3) is 3.32. The van der Waals surface area contributed by atoms with Crippen LogP contribution in [-0.2, 0) is 26.7 Å². The Balaban J connectivity index is 2.10. The van der Waals surface area contributed by atoms with Gasteiger partial charge in [-0.25, -0.2) is 17.2 Å². The van der Waals surface area contributed by atoms with Crippen molar-refractivity contribution < 1.29 is 35.2 Å². The zero-order valence-electron chi connectivity index (χ0n) is 14.6. The van der Waals surface area contributed by atoms with Crippen molar-refractivity contribution in [2.24, 2.45) is 0 Å². The molecule has 0 heterocycles. The number of rotatable bonds is 3. The first-order valence-corrected chi connectivity index (χ1v) is 9.81. The summed E-state index contributed by atoms with van der Waals surface area (Å²) in [5.41, 5.74) is -4.09. The van der Waals surface area contributed by atoms with Gasteiger partial charge in [0, 0.05) is 6.42 Å². The first kappa shape index (κ1) is 20.4. The third-order valence-electron chi connectivity index (χ3n) is 4.89. The summed E-state index contributed by atoms with van der Waals surface area (Å²) >= 11 is 0. The van der Waals surface area contributed by atoms with Crippen LogP contribution in [0.4, 0.5) is 22.0 Å². The molecule has 0 aromatic heterocycles. The van der Waals surface area contributed by atoms with Gasteiger partial charge in [-0.2, -0.15) is 13.2 Å². The quantitative estimate of drug-likeness (QED) is 0.541. The van der Waals surface area contributed by atoms with Crippen LogP contribution in [0.2, 0.25) is 0 Å². The molecular weight excluding hydrogens is 403 g/mol. The van der Waals surface area contributed by atoms with Crippen LogP contribution in [-0.4, -0.2) is 20.4 Å². The van der Waals surface area contributed by atoms with Crippen molar-refractivity contribution in [2.75, 3.05) is 0 Å². The van der Waals surface area contributed by atoms with E-state index in [1.54, 1.807) is 0 Å². The maximum absolute atomic E-state index is 14.3. The summed E-state index contributed by atoms with van der Waals surface area (Å²) in [5.74, 6) is -1.28. The summed E-state index contributed by atoms with van der Waals surface area (Å²) in [5, 5.41) is -1.63. The molecule has 2 aromatic carbocycles. The lowest BCUT2D eigenvalue weighted by molar-refractivity contribution is -0.228. The third-order valence-corrected chi connectivity index (χ3v) is 6.95. The van der Waals surface area contributed by atoms with Gasteiger partial charge in [0.2, 0.25) is 5.67 Å². The summed E-state index contributed by atoms with van der Waals surface area (Å²) in [6.45, 7) is 0.384. The number of hydrogen-bond acceptors (Lipinski definition) is 3. The van der Waals surface area contributed by atoms with Crippen molar-refractivity contribution in [1.82, 2.24) is 0 Å². The second-order valence-electron chi connectivity index (χ2n) is 6.76. The van der Waals surface area contributed by atoms with Crippen molar-refractivity contribution in [3.63, 3.8) is 0 Å². The number of hydrogen-bond donors (Lipinski definition) is 0. The van der Waals surface area contributed by atoms with Crippen molar-refractivity contribution >= 4 is 15.6 Å². The first-order valence-electron chi connectivity index (χ1n) is 8.27. The van der Waals surface area contributed by atoms with Crippen LogP contribution >= 0.6 is 0 Å². The Labute approximate surface area is 158 Å². The fourth-order valence-corrected chi connectivity index (χ4v) is 5.01. The summed E-state index contributed by atoms with van der Waals surface area (Å²) in [6, 6.07) is 6.76. The molecule has 0 fully saturated rings. The molecule has 0 amide bonds. The van der Waals surface area contributed by atoms with E-state index in [9.17, 15) is 35.2 Å². The molecule has 2 atom stereocenters. The molecule has 2 unspecified atom stereocenters. The van der Waals surface area contributed by atoms with Crippen LogP contribution in [0, 0.1) is 5.82 Å². The number of Topliss-reactive ketones (excluding diaryl/α,β-unsaturated/α-hetero) is 1. The van der Waals surface area contributed by atoms with E-state index in [4.69, 9.17) is 0 Å². The summed E-state index contributed by atoms with van der Waals surface area (Å²) in [4.78, 5) is 12.1. The molecular formula is C19H15F5O3S. The van der Waals surface area contributed by atoms with E-state index in [0.717, 1.165) is 42.5 Å². The second kappa shape index (κ2) is 6.65. The predicted octanol–water partition coefficient (Wildman–Crippen LogP) is 4.60. The van der Waals surface area contributed by atoms with Gasteiger partial charge >= 0.3 is 6.18 Å². The van der Waals surface area contributed by atoms with E-state index < -0.39 is 44.1 Å². The molecule has 3 nitrogen and oxygen atoms in total. The van der Waals surface area contributed by atoms with E-state index in [1.165, 1.54) is 0 Å². The maximum Gasteiger partial charge on any atom is 0.426 e. The van der Waals surface area contributed by atoms with E-state index in [-0.39, 0.29) is 28.9 Å². The standard InChI is InChI=1S/C19H15F5O3S/c1-18(21,19(22,23)24)12-3-8-15-11(10-12)2-9-16(25)17(15)28(26,27)14-6-4-13(20)5-7-14/h3-8,10,17H,2,9H2,1H3. The van der Waals surface area contributed by atoms with E-state index in [1.807, 2.05) is 0 Å². The maximum atomic E-state index is 14.3. The summed E-state index contributed by atoms with van der Waals surface area (Å²) < 4.78 is 92.1. The monoisotopic (exact) mass is 418 g/mol. The Hall–Kier alpha value is -2.29. The highest BCUT2D eigenvalue weighted by Gasteiger charge is 2.53. The molecule has 0 spiro atoms. The molecule has 0 radical (unpaired) electrons. The topological polar surface area (TPSA) is 51.2 Å². The van der Waals surface area contributed by atoms with Gasteiger partial charge in [0.15, 0.2) is 15.6 Å². The lowest BCUT2D eigenvalue weighted by Gasteiger charge is -2.28. The molecule has 1 aliphatic rings. The zero-order valence-corrected chi connectivity index (χ0v) is 15.4. The SMILES string of the molecule is CC(F)(c1ccc2c(c1)CCC(=O)C2S(=O)(=O)c1ccc(F)cc1)C(F)(F)F. The number of halogens is 5. The molecule has 28 heavy (non-hydrogen) atoms. The number of fused-ring (bicyclic) bond motifs is 1. The lowest BCUT2D eigenvalue weighted by Crippen LogP contribution is -2.35. The van der Waals surface area contributed by atoms with Gasteiger partial charge in [0.1, 0.15) is 11.1 Å². The number of benzene rings is 2. The minimum Gasteiger partial charge on any atom is -0.298 e. The van der Waals surface area contributed by atoms with Gasteiger partial charge in [-0.05, 0) is 54.3 Å². The van der Waals surface area contributed by atoms with Gasteiger partial charge in [0.05, 0.1) is 4.90 Å². The molecule has 0 saturated carbocycles. The fraction of sp³-hybridized carbons (Fsp3) is 0.316. The number of alkyl halides is 4. The smallest absolute Gasteiger partial charge is 0.298 e. The second-order valence-corrected chi connectivity index (χ2v) is 8.79. The molecule has 150 valence electrons. The Morgan fingerprint density at radius 1 is 0.964 bits per heavy atom. The average molecular weight is 418 g/mol. The Morgan fingerprint density at radius 2 is 1.57 bits per heavy atom. The molecule has 0 saturated heterocycles. The van der Waals surface area contributed by atoms with E-state index in [2.05, 4.69) is 0 Å². The van der Waals surface area contributed by atoms with E-state index in [0.29, 0.717) is 6.92 Å². The normalized spacial score (nSPS) is 19.8. The predicted molar refractivity (Wildman–Crippen MR) is 90.6 cm³/mol. The Morgan fingerprint density at radius 3 is 2.14 bits per heavy atom. The van der Waals surface area contributed by atoms with Gasteiger partial charge in [-0.1, -0.05) is 18.2 Å². The van der Waals surface area contributed by atoms with E-state index >= 15 is 0 Å². The molecule has 3 rings (SSSR count). The number of carbonyl (C=O) groups is 1. The van der Waals surface area contributed by atoms with Crippen LogP contribution in [0.15, 0.2) is 47.4 Å². The van der Waals surface area contributed by atoms with Crippen LogP contribution in [0.25, 0.3) is 0 Å². The zero-order chi connectivity index (χ0) is 20.9. The van der Waals surface area contributed by atoms with Crippen LogP contribution in [0.3, 0.4) is 0 Å². The van der Waals surface area contributed by atoms with Crippen molar-refractivity contribution in [3.05, 3.63) is 65.0 Å². The van der Waals surface area contributed by atoms with Gasteiger partial charge in [-0.3, -0.25) is 4.79 Å². The molecule has 2 aromatic rings. The molecule has 0 aliphatic heterocycles. The van der Waals surface area contributed by atoms with Gasteiger partial charge < -0.3 is 0 Å². The molecule has 0 N–H and O–H groups in total. The number of ketones is 1. The minimum absolute atomic E-state index is 0.00534.